The first-order chi connectivity index (χ1) is 16.7. The number of halogens is 1. The molecule has 1 aromatic carbocycles. The normalized spacial score (nSPS) is 24.6. The number of nitrogens with one attached hydrogen (secondary N) is 2. The van der Waals surface area contributed by atoms with Crippen molar-refractivity contribution in [2.24, 2.45) is 11.3 Å². The fourth-order valence-corrected chi connectivity index (χ4v) is 6.82. The topological polar surface area (TPSA) is 103 Å². The molecule has 5 atom stereocenters. The van der Waals surface area contributed by atoms with E-state index >= 15 is 0 Å². The molecule has 1 aromatic heterocycles. The molecule has 2 N–H and O–H groups in total. The largest absolute Gasteiger partial charge is 0.361 e. The molecule has 0 bridgehead atoms. The number of rotatable bonds is 6. The van der Waals surface area contributed by atoms with Crippen LogP contribution in [0.2, 0.25) is 0 Å². The number of benzene rings is 1. The van der Waals surface area contributed by atoms with Gasteiger partial charge in [0.15, 0.2) is 0 Å². The fraction of sp³-hybridized carbons (Fsp3) is 0.615. The van der Waals surface area contributed by atoms with Gasteiger partial charge in [-0.2, -0.15) is 4.31 Å². The van der Waals surface area contributed by atoms with E-state index in [-0.39, 0.29) is 48.1 Å². The number of aromatic nitrogens is 1. The number of nitrogens with zero attached hydrogens (tertiary/aromatic N) is 2. The van der Waals surface area contributed by atoms with Crippen LogP contribution in [0.15, 0.2) is 24.4 Å². The van der Waals surface area contributed by atoms with Crippen molar-refractivity contribution in [3.63, 3.8) is 0 Å². The lowest BCUT2D eigenvalue weighted by molar-refractivity contribution is -0.141. The van der Waals surface area contributed by atoms with Crippen LogP contribution < -0.4 is 5.32 Å². The van der Waals surface area contributed by atoms with Crippen LogP contribution in [0.5, 0.6) is 0 Å². The lowest BCUT2D eigenvalue weighted by Crippen LogP contribution is -2.57. The van der Waals surface area contributed by atoms with E-state index in [0.717, 1.165) is 10.9 Å². The van der Waals surface area contributed by atoms with Crippen molar-refractivity contribution in [3.05, 3.63) is 35.8 Å². The average molecular weight is 521 g/mol. The van der Waals surface area contributed by atoms with Crippen LogP contribution in [0.25, 0.3) is 10.9 Å². The first kappa shape index (κ1) is 26.6. The van der Waals surface area contributed by atoms with Gasteiger partial charge in [0.05, 0.1) is 12.3 Å². The molecular weight excluding hydrogens is 483 g/mol. The Morgan fingerprint density at radius 2 is 1.97 bits per heavy atom. The number of hydrogen-bond acceptors (Lipinski definition) is 4. The number of sulfonamides is 1. The van der Waals surface area contributed by atoms with Crippen molar-refractivity contribution in [1.29, 1.82) is 0 Å². The molecule has 0 radical (unpaired) electrons. The van der Waals surface area contributed by atoms with Gasteiger partial charge in [0.1, 0.15) is 11.9 Å². The molecule has 0 saturated carbocycles. The van der Waals surface area contributed by atoms with E-state index in [2.05, 4.69) is 10.3 Å². The zero-order valence-corrected chi connectivity index (χ0v) is 22.7. The summed E-state index contributed by atoms with van der Waals surface area (Å²) in [5.41, 5.74) is 0.951. The summed E-state index contributed by atoms with van der Waals surface area (Å²) in [6.45, 7) is 10.2. The molecule has 2 aliphatic rings. The molecule has 10 heteroatoms. The molecule has 36 heavy (non-hydrogen) atoms. The van der Waals surface area contributed by atoms with E-state index in [4.69, 9.17) is 0 Å². The van der Waals surface area contributed by atoms with Gasteiger partial charge < -0.3 is 15.2 Å². The highest BCUT2D eigenvalue weighted by Crippen LogP contribution is 2.44. The van der Waals surface area contributed by atoms with Crippen LogP contribution in [0.1, 0.15) is 58.9 Å². The van der Waals surface area contributed by atoms with Gasteiger partial charge in [-0.05, 0) is 42.0 Å². The van der Waals surface area contributed by atoms with Crippen LogP contribution in [-0.4, -0.2) is 71.9 Å². The van der Waals surface area contributed by atoms with Crippen molar-refractivity contribution in [1.82, 2.24) is 19.5 Å². The monoisotopic (exact) mass is 520 g/mol. The van der Waals surface area contributed by atoms with Crippen molar-refractivity contribution in [2.75, 3.05) is 19.3 Å². The number of likely N-dealkylation sites (tertiary alicyclic amines) is 1. The number of H-pyrrole nitrogens is 1. The van der Waals surface area contributed by atoms with Gasteiger partial charge >= 0.3 is 0 Å². The highest BCUT2D eigenvalue weighted by Gasteiger charge is 2.55. The summed E-state index contributed by atoms with van der Waals surface area (Å²) in [5.74, 6) is -1.23. The maximum atomic E-state index is 14.0. The van der Waals surface area contributed by atoms with Crippen molar-refractivity contribution in [3.8, 4) is 0 Å². The van der Waals surface area contributed by atoms with Crippen LogP contribution in [0.4, 0.5) is 4.39 Å². The second-order valence-electron chi connectivity index (χ2n) is 11.4. The summed E-state index contributed by atoms with van der Waals surface area (Å²) < 4.78 is 40.8. The van der Waals surface area contributed by atoms with Gasteiger partial charge in [-0.25, -0.2) is 12.8 Å². The molecule has 2 aromatic rings. The van der Waals surface area contributed by atoms with Gasteiger partial charge in [0.25, 0.3) is 0 Å². The second kappa shape index (κ2) is 9.45. The van der Waals surface area contributed by atoms with Crippen LogP contribution >= 0.6 is 0 Å². The third-order valence-corrected chi connectivity index (χ3v) is 9.09. The molecule has 2 aliphatic heterocycles. The Balaban J connectivity index is 1.74. The van der Waals surface area contributed by atoms with Crippen molar-refractivity contribution < 1.29 is 22.4 Å². The van der Waals surface area contributed by atoms with Crippen LogP contribution in [-0.2, 0) is 19.6 Å². The maximum Gasteiger partial charge on any atom is 0.246 e. The zero-order valence-electron chi connectivity index (χ0n) is 21.8. The molecule has 0 spiro atoms. The van der Waals surface area contributed by atoms with Crippen molar-refractivity contribution >= 4 is 32.7 Å². The third-order valence-electron chi connectivity index (χ3n) is 7.82. The molecular formula is C26H37FN4O4S. The van der Waals surface area contributed by atoms with Gasteiger partial charge in [0.2, 0.25) is 21.8 Å². The highest BCUT2D eigenvalue weighted by molar-refractivity contribution is 7.88. The summed E-state index contributed by atoms with van der Waals surface area (Å²) in [6.07, 6.45) is 4.18. The smallest absolute Gasteiger partial charge is 0.246 e. The molecule has 2 amide bonds. The number of carbonyl (C=O) groups is 2. The SMILES string of the molecule is CC[C@@H](C)C(=O)N[C@H](C(=O)N1CC[C@@H]2[C@H]1[C@@H](c1c[nH]c3cc(F)ccc13)CN2S(C)(=O)=O)C(C)(C)C. The van der Waals surface area contributed by atoms with Gasteiger partial charge in [-0.1, -0.05) is 34.6 Å². The minimum Gasteiger partial charge on any atom is -0.361 e. The van der Waals surface area contributed by atoms with E-state index in [1.54, 1.807) is 17.2 Å². The fourth-order valence-electron chi connectivity index (χ4n) is 5.67. The standard InChI is InChI=1S/C26H37FN4O4S/c1-7-15(2)24(32)29-23(26(3,4)5)25(33)30-11-10-21-22(30)19(14-31(21)36(6,34)35)18-13-28-20-12-16(27)8-9-17(18)20/h8-9,12-13,15,19,21-23,28H,7,10-11,14H2,1-6H3,(H,29,32)/t15-,19-,21-,22-,23-/m1/s1. The Labute approximate surface area is 212 Å². The Morgan fingerprint density at radius 3 is 2.58 bits per heavy atom. The van der Waals surface area contributed by atoms with E-state index in [1.807, 2.05) is 34.6 Å². The molecule has 2 saturated heterocycles. The molecule has 0 unspecified atom stereocenters. The highest BCUT2D eigenvalue weighted by atomic mass is 32.2. The van der Waals surface area contributed by atoms with Crippen LogP contribution in [0.3, 0.4) is 0 Å². The summed E-state index contributed by atoms with van der Waals surface area (Å²) in [5, 5.41) is 3.79. The molecule has 8 nitrogen and oxygen atoms in total. The molecule has 0 aliphatic carbocycles. The van der Waals surface area contributed by atoms with Gasteiger partial charge in [-0.3, -0.25) is 9.59 Å². The minimum absolute atomic E-state index is 0.166. The first-order valence-electron chi connectivity index (χ1n) is 12.6. The zero-order chi connectivity index (χ0) is 26.6. The van der Waals surface area contributed by atoms with Gasteiger partial charge in [0, 0.05) is 48.1 Å². The Morgan fingerprint density at radius 1 is 1.28 bits per heavy atom. The Kier molecular flexibility index (Phi) is 6.98. The Bertz CT molecular complexity index is 1270. The lowest BCUT2D eigenvalue weighted by Gasteiger charge is -2.37. The number of amides is 2. The Hall–Kier alpha value is -2.46. The third kappa shape index (κ3) is 4.77. The summed E-state index contributed by atoms with van der Waals surface area (Å²) in [6, 6.07) is 3.00. The number of carbonyl (C=O) groups excluding carboxylic acids is 2. The van der Waals surface area contributed by atoms with E-state index in [1.165, 1.54) is 22.7 Å². The minimum atomic E-state index is -3.52. The summed E-state index contributed by atoms with van der Waals surface area (Å²) >= 11 is 0. The maximum absolute atomic E-state index is 14.0. The quantitative estimate of drug-likeness (QED) is 0.611. The second-order valence-corrected chi connectivity index (χ2v) is 13.3. The average Bonchev–Trinajstić information content (AvgIpc) is 3.48. The van der Waals surface area contributed by atoms with E-state index in [9.17, 15) is 22.4 Å². The lowest BCUT2D eigenvalue weighted by atomic mass is 9.84. The van der Waals surface area contributed by atoms with E-state index in [0.29, 0.717) is 24.9 Å². The summed E-state index contributed by atoms with van der Waals surface area (Å²) in [4.78, 5) is 31.7. The molecule has 2 fully saturated rings. The predicted molar refractivity (Wildman–Crippen MR) is 137 cm³/mol. The van der Waals surface area contributed by atoms with Gasteiger partial charge in [-0.15, -0.1) is 0 Å². The first-order valence-corrected chi connectivity index (χ1v) is 14.4. The molecule has 198 valence electrons. The van der Waals surface area contributed by atoms with E-state index < -0.39 is 21.5 Å². The van der Waals surface area contributed by atoms with Crippen molar-refractivity contribution in [2.45, 2.75) is 71.5 Å². The molecule has 3 heterocycles. The predicted octanol–water partition coefficient (Wildman–Crippen LogP) is 3.21. The number of hydrogen-bond donors (Lipinski definition) is 2. The number of aromatic amines is 1. The number of fused-ring (bicyclic) bond motifs is 2. The molecule has 4 rings (SSSR count). The van der Waals surface area contributed by atoms with Crippen LogP contribution in [0, 0.1) is 17.2 Å². The summed E-state index contributed by atoms with van der Waals surface area (Å²) in [7, 11) is -3.52.